The maximum Gasteiger partial charge on any atom is 0.306 e. The molecule has 0 bridgehead atoms. The van der Waals surface area contributed by atoms with Crippen LogP contribution in [0.1, 0.15) is 142 Å². The highest BCUT2D eigenvalue weighted by atomic mass is 31.2. The Kier molecular flexibility index (Phi) is 33.0. The second kappa shape index (κ2) is 34.5. The van der Waals surface area contributed by atoms with Crippen LogP contribution in [-0.2, 0) is 32.7 Å². The maximum absolute atomic E-state index is 12.6. The van der Waals surface area contributed by atoms with E-state index in [2.05, 4.69) is 62.5 Å². The van der Waals surface area contributed by atoms with Crippen molar-refractivity contribution in [2.45, 2.75) is 148 Å². The summed E-state index contributed by atoms with van der Waals surface area (Å²) >= 11 is 0. The zero-order valence-corrected chi connectivity index (χ0v) is 34.4. The number of allylic oxidation sites excluding steroid dienone is 10. The Hall–Kier alpha value is -2.29. The van der Waals surface area contributed by atoms with Gasteiger partial charge in [0.15, 0.2) is 6.10 Å². The first kappa shape index (κ1) is 49.7. The van der Waals surface area contributed by atoms with E-state index in [4.69, 9.17) is 18.5 Å². The Labute approximate surface area is 317 Å². The van der Waals surface area contributed by atoms with E-state index in [1.54, 1.807) is 0 Å². The van der Waals surface area contributed by atoms with Crippen LogP contribution in [-0.4, -0.2) is 70.0 Å². The van der Waals surface area contributed by atoms with Crippen LogP contribution >= 0.6 is 7.82 Å². The molecule has 0 aromatic heterocycles. The number of unbranched alkanes of at least 4 members (excludes halogenated alkanes) is 11. The third-order valence-electron chi connectivity index (χ3n) is 8.05. The van der Waals surface area contributed by atoms with Gasteiger partial charge in [-0.1, -0.05) is 139 Å². The molecule has 0 aromatic rings. The van der Waals surface area contributed by atoms with E-state index in [1.165, 1.54) is 64.2 Å². The number of ether oxygens (including phenoxy) is 2. The lowest BCUT2D eigenvalue weighted by molar-refractivity contribution is -0.870. The highest BCUT2D eigenvalue weighted by Gasteiger charge is 2.21. The van der Waals surface area contributed by atoms with Crippen molar-refractivity contribution in [1.29, 1.82) is 0 Å². The van der Waals surface area contributed by atoms with Gasteiger partial charge in [-0.2, -0.15) is 0 Å². The second-order valence-corrected chi connectivity index (χ2v) is 15.7. The molecule has 9 nitrogen and oxygen atoms in total. The van der Waals surface area contributed by atoms with Crippen molar-refractivity contribution < 1.29 is 42.1 Å². The van der Waals surface area contributed by atoms with Gasteiger partial charge in [-0.05, 0) is 51.4 Å². The molecule has 0 amide bonds. The largest absolute Gasteiger partial charge is 0.756 e. The molecule has 0 spiro atoms. The lowest BCUT2D eigenvalue weighted by Crippen LogP contribution is -2.37. The van der Waals surface area contributed by atoms with Gasteiger partial charge in [-0.3, -0.25) is 14.2 Å². The Balaban J connectivity index is 4.54. The van der Waals surface area contributed by atoms with Crippen LogP contribution in [0.25, 0.3) is 0 Å². The van der Waals surface area contributed by atoms with Crippen molar-refractivity contribution in [3.05, 3.63) is 60.8 Å². The zero-order valence-electron chi connectivity index (χ0n) is 33.5. The smallest absolute Gasteiger partial charge is 0.306 e. The lowest BCUT2D eigenvalue weighted by Gasteiger charge is -2.28. The number of likely N-dealkylation sites (N-methyl/N-ethyl adjacent to an activating group) is 1. The molecule has 0 aliphatic carbocycles. The van der Waals surface area contributed by atoms with Gasteiger partial charge in [0.2, 0.25) is 0 Å². The zero-order chi connectivity index (χ0) is 38.6. The molecule has 2 atom stereocenters. The van der Waals surface area contributed by atoms with Crippen molar-refractivity contribution >= 4 is 19.8 Å². The average Bonchev–Trinajstić information content (AvgIpc) is 3.09. The van der Waals surface area contributed by atoms with Crippen molar-refractivity contribution in [1.82, 2.24) is 0 Å². The highest BCUT2D eigenvalue weighted by Crippen LogP contribution is 2.38. The van der Waals surface area contributed by atoms with Crippen molar-refractivity contribution in [3.8, 4) is 0 Å². The van der Waals surface area contributed by atoms with Gasteiger partial charge in [0.05, 0.1) is 27.7 Å². The standard InChI is InChI=1S/C42H74NO8P/c1-6-8-10-12-14-16-17-18-19-20-21-22-23-24-25-27-29-31-33-35-42(45)51-40(39-50-52(46,47)49-37-36-43(3,4)5)38-48-41(44)34-32-30-28-26-15-13-11-9-7-2/h14,16,18-19,21-22,24-25,29,31,40H,6-13,15,17,20,23,26-28,30,32-39H2,1-5H3/b16-14+,19-18+,22-21+,25-24+,31-29+/t40-/m1/s1. The molecule has 0 rings (SSSR count). The number of hydrogen-bond acceptors (Lipinski definition) is 8. The lowest BCUT2D eigenvalue weighted by atomic mass is 10.1. The molecule has 0 aromatic carbocycles. The molecule has 0 radical (unpaired) electrons. The van der Waals surface area contributed by atoms with Crippen LogP contribution in [0.5, 0.6) is 0 Å². The number of esters is 2. The van der Waals surface area contributed by atoms with Crippen LogP contribution in [0.4, 0.5) is 0 Å². The molecule has 0 fully saturated rings. The minimum absolute atomic E-state index is 0.0458. The fraction of sp³-hybridized carbons (Fsp3) is 0.714. The quantitative estimate of drug-likeness (QED) is 0.0207. The van der Waals surface area contributed by atoms with E-state index in [1.807, 2.05) is 33.3 Å². The van der Waals surface area contributed by atoms with Gasteiger partial charge in [-0.25, -0.2) is 0 Å². The van der Waals surface area contributed by atoms with Gasteiger partial charge in [-0.15, -0.1) is 0 Å². The molecule has 0 saturated heterocycles. The van der Waals surface area contributed by atoms with Crippen LogP contribution in [0.3, 0.4) is 0 Å². The molecule has 0 saturated carbocycles. The first-order chi connectivity index (χ1) is 25.0. The Bertz CT molecular complexity index is 1080. The summed E-state index contributed by atoms with van der Waals surface area (Å²) in [7, 11) is 1.11. The minimum atomic E-state index is -4.64. The van der Waals surface area contributed by atoms with Crippen LogP contribution in [0.2, 0.25) is 0 Å². The van der Waals surface area contributed by atoms with E-state index < -0.39 is 32.5 Å². The minimum Gasteiger partial charge on any atom is -0.756 e. The van der Waals surface area contributed by atoms with Crippen molar-refractivity contribution in [2.24, 2.45) is 0 Å². The van der Waals surface area contributed by atoms with E-state index >= 15 is 0 Å². The molecule has 0 aliphatic rings. The van der Waals surface area contributed by atoms with Crippen LogP contribution in [0, 0.1) is 0 Å². The summed E-state index contributed by atoms with van der Waals surface area (Å²) in [6.45, 7) is 4.06. The number of carbonyl (C=O) groups excluding carboxylic acids is 2. The number of hydrogen-bond donors (Lipinski definition) is 0. The number of phosphoric acid groups is 1. The van der Waals surface area contributed by atoms with Gasteiger partial charge >= 0.3 is 11.9 Å². The second-order valence-electron chi connectivity index (χ2n) is 14.3. The molecule has 10 heteroatoms. The van der Waals surface area contributed by atoms with E-state index in [0.29, 0.717) is 17.4 Å². The third-order valence-corrected chi connectivity index (χ3v) is 9.02. The summed E-state index contributed by atoms with van der Waals surface area (Å²) in [5, 5.41) is 0. The van der Waals surface area contributed by atoms with Gasteiger partial charge in [0.1, 0.15) is 19.8 Å². The average molecular weight is 752 g/mol. The molecule has 1 unspecified atom stereocenters. The molecule has 52 heavy (non-hydrogen) atoms. The maximum atomic E-state index is 12.6. The summed E-state index contributed by atoms with van der Waals surface area (Å²) in [6, 6.07) is 0. The molecule has 300 valence electrons. The van der Waals surface area contributed by atoms with Crippen LogP contribution < -0.4 is 4.89 Å². The van der Waals surface area contributed by atoms with Gasteiger partial charge < -0.3 is 27.9 Å². The van der Waals surface area contributed by atoms with Gasteiger partial charge in [0, 0.05) is 12.8 Å². The fourth-order valence-corrected chi connectivity index (χ4v) is 5.60. The number of phosphoric ester groups is 1. The first-order valence-corrected chi connectivity index (χ1v) is 21.5. The molecular weight excluding hydrogens is 677 g/mol. The Morgan fingerprint density at radius 2 is 1.08 bits per heavy atom. The number of nitrogens with zero attached hydrogens (tertiary/aromatic N) is 1. The predicted molar refractivity (Wildman–Crippen MR) is 213 cm³/mol. The van der Waals surface area contributed by atoms with Crippen molar-refractivity contribution in [3.63, 3.8) is 0 Å². The number of carbonyl (C=O) groups is 2. The molecule has 0 heterocycles. The first-order valence-electron chi connectivity index (χ1n) is 20.0. The van der Waals surface area contributed by atoms with E-state index in [-0.39, 0.29) is 26.1 Å². The fourth-order valence-electron chi connectivity index (χ4n) is 4.87. The SMILES string of the molecule is CCCCC/C=C/C/C=C/C/C=C/C/C=C/C/C=C/CCC(=O)O[C@H](COC(=O)CCCCCCCCCCC)COP(=O)([O-])OCC[N+](C)(C)C. The summed E-state index contributed by atoms with van der Waals surface area (Å²) in [4.78, 5) is 37.3. The molecular formula is C42H74NO8P. The Morgan fingerprint density at radius 1 is 0.596 bits per heavy atom. The highest BCUT2D eigenvalue weighted by molar-refractivity contribution is 7.45. The summed E-state index contributed by atoms with van der Waals surface area (Å²) < 4.78 is 33.6. The molecule has 0 N–H and O–H groups in total. The van der Waals surface area contributed by atoms with Crippen molar-refractivity contribution in [2.75, 3.05) is 47.5 Å². The number of rotatable bonds is 35. The normalized spacial score (nSPS) is 14.3. The summed E-state index contributed by atoms with van der Waals surface area (Å²) in [5.74, 6) is -0.939. The van der Waals surface area contributed by atoms with E-state index in [0.717, 1.165) is 44.9 Å². The number of quaternary nitrogens is 1. The molecule has 0 aliphatic heterocycles. The van der Waals surface area contributed by atoms with Gasteiger partial charge in [0.25, 0.3) is 7.82 Å². The summed E-state index contributed by atoms with van der Waals surface area (Å²) in [6.07, 6.45) is 39.9. The summed E-state index contributed by atoms with van der Waals surface area (Å²) in [5.41, 5.74) is 0. The van der Waals surface area contributed by atoms with E-state index in [9.17, 15) is 19.0 Å². The third kappa shape index (κ3) is 37.5. The topological polar surface area (TPSA) is 111 Å². The monoisotopic (exact) mass is 752 g/mol. The Morgan fingerprint density at radius 3 is 1.62 bits per heavy atom. The van der Waals surface area contributed by atoms with Crippen LogP contribution in [0.15, 0.2) is 60.8 Å². The predicted octanol–water partition coefficient (Wildman–Crippen LogP) is 10.3.